The number of para-hydroxylation sites is 1. The minimum atomic E-state index is -0.336. The first-order valence-electron chi connectivity index (χ1n) is 7.17. The van der Waals surface area contributed by atoms with Gasteiger partial charge in [-0.25, -0.2) is 4.39 Å². The summed E-state index contributed by atoms with van der Waals surface area (Å²) >= 11 is 11.2. The standard InChI is InChI=1S/C18H13BrClFN2S/c19-13-9-15(24-12-13)10-22-23(14-5-2-1-3-6-14)11-16-17(20)7-4-8-18(16)21/h1-10,12H,11H2/b22-10-. The number of rotatable bonds is 5. The molecule has 1 aromatic heterocycles. The van der Waals surface area contributed by atoms with E-state index in [0.717, 1.165) is 15.0 Å². The smallest absolute Gasteiger partial charge is 0.129 e. The van der Waals surface area contributed by atoms with Crippen LogP contribution >= 0.6 is 38.9 Å². The van der Waals surface area contributed by atoms with E-state index in [4.69, 9.17) is 11.6 Å². The van der Waals surface area contributed by atoms with Gasteiger partial charge in [-0.05, 0) is 46.3 Å². The summed E-state index contributed by atoms with van der Waals surface area (Å²) in [5.74, 6) is -0.336. The fourth-order valence-electron chi connectivity index (χ4n) is 2.15. The Labute approximate surface area is 157 Å². The van der Waals surface area contributed by atoms with E-state index in [1.807, 2.05) is 41.8 Å². The minimum Gasteiger partial charge on any atom is -0.261 e. The van der Waals surface area contributed by atoms with Crippen LogP contribution in [0.5, 0.6) is 0 Å². The van der Waals surface area contributed by atoms with Gasteiger partial charge in [0.25, 0.3) is 0 Å². The molecule has 2 nitrogen and oxygen atoms in total. The number of hydrazone groups is 1. The number of hydrogen-bond acceptors (Lipinski definition) is 3. The van der Waals surface area contributed by atoms with E-state index in [0.29, 0.717) is 10.6 Å². The monoisotopic (exact) mass is 422 g/mol. The van der Waals surface area contributed by atoms with Crippen molar-refractivity contribution in [2.24, 2.45) is 5.10 Å². The van der Waals surface area contributed by atoms with Crippen LogP contribution in [0.25, 0.3) is 0 Å². The molecular formula is C18H13BrClFN2S. The maximum Gasteiger partial charge on any atom is 0.129 e. The Kier molecular flexibility index (Phi) is 5.66. The molecule has 0 spiro atoms. The zero-order chi connectivity index (χ0) is 16.9. The largest absolute Gasteiger partial charge is 0.261 e. The molecule has 24 heavy (non-hydrogen) atoms. The Balaban J connectivity index is 1.92. The average molecular weight is 424 g/mol. The average Bonchev–Trinajstić information content (AvgIpc) is 3.00. The van der Waals surface area contributed by atoms with Crippen molar-refractivity contribution in [1.29, 1.82) is 0 Å². The summed E-state index contributed by atoms with van der Waals surface area (Å²) in [4.78, 5) is 1.00. The molecular weight excluding hydrogens is 411 g/mol. The summed E-state index contributed by atoms with van der Waals surface area (Å²) < 4.78 is 15.1. The SMILES string of the molecule is Fc1cccc(Cl)c1CN(/N=C\c1cc(Br)cs1)c1ccccc1. The van der Waals surface area contributed by atoms with Gasteiger partial charge >= 0.3 is 0 Å². The van der Waals surface area contributed by atoms with Gasteiger partial charge in [-0.2, -0.15) is 5.10 Å². The van der Waals surface area contributed by atoms with Crippen molar-refractivity contribution < 1.29 is 4.39 Å². The Morgan fingerprint density at radius 3 is 2.62 bits per heavy atom. The molecule has 0 radical (unpaired) electrons. The van der Waals surface area contributed by atoms with Crippen LogP contribution in [0.2, 0.25) is 5.02 Å². The van der Waals surface area contributed by atoms with Gasteiger partial charge in [0.2, 0.25) is 0 Å². The third-order valence-electron chi connectivity index (χ3n) is 3.34. The highest BCUT2D eigenvalue weighted by Gasteiger charge is 2.12. The molecule has 0 aliphatic rings. The maximum atomic E-state index is 14.1. The molecule has 3 aromatic rings. The Bertz CT molecular complexity index is 831. The van der Waals surface area contributed by atoms with Crippen molar-refractivity contribution in [1.82, 2.24) is 0 Å². The molecule has 0 fully saturated rings. The van der Waals surface area contributed by atoms with Crippen molar-refractivity contribution in [2.75, 3.05) is 5.01 Å². The van der Waals surface area contributed by atoms with E-state index in [9.17, 15) is 4.39 Å². The predicted molar refractivity (Wildman–Crippen MR) is 104 cm³/mol. The summed E-state index contributed by atoms with van der Waals surface area (Å²) in [6.07, 6.45) is 1.76. The van der Waals surface area contributed by atoms with Crippen LogP contribution in [0, 0.1) is 5.82 Å². The third kappa shape index (κ3) is 4.23. The lowest BCUT2D eigenvalue weighted by Gasteiger charge is -2.20. The van der Waals surface area contributed by atoms with E-state index in [-0.39, 0.29) is 12.4 Å². The van der Waals surface area contributed by atoms with Crippen LogP contribution in [0.1, 0.15) is 10.4 Å². The second-order valence-corrected chi connectivity index (χ2v) is 7.27. The van der Waals surface area contributed by atoms with Crippen LogP contribution in [-0.4, -0.2) is 6.21 Å². The second kappa shape index (κ2) is 7.92. The van der Waals surface area contributed by atoms with E-state index >= 15 is 0 Å². The molecule has 0 saturated carbocycles. The number of hydrogen-bond donors (Lipinski definition) is 0. The number of benzene rings is 2. The van der Waals surface area contributed by atoms with Crippen LogP contribution in [-0.2, 0) is 6.54 Å². The predicted octanol–water partition coefficient (Wildman–Crippen LogP) is 6.34. The molecule has 0 saturated heterocycles. The molecule has 0 atom stereocenters. The molecule has 122 valence electrons. The fraction of sp³-hybridized carbons (Fsp3) is 0.0556. The van der Waals surface area contributed by atoms with Crippen LogP contribution in [0.4, 0.5) is 10.1 Å². The van der Waals surface area contributed by atoms with Gasteiger partial charge in [-0.1, -0.05) is 35.9 Å². The van der Waals surface area contributed by atoms with E-state index in [1.165, 1.54) is 6.07 Å². The lowest BCUT2D eigenvalue weighted by atomic mass is 10.2. The maximum absolute atomic E-state index is 14.1. The molecule has 0 bridgehead atoms. The van der Waals surface area contributed by atoms with Gasteiger partial charge in [0.05, 0.1) is 18.4 Å². The first-order valence-corrected chi connectivity index (χ1v) is 9.22. The van der Waals surface area contributed by atoms with Gasteiger partial charge in [-0.3, -0.25) is 5.01 Å². The summed E-state index contributed by atoms with van der Waals surface area (Å²) in [5, 5.41) is 8.64. The number of thiophene rings is 1. The number of nitrogens with zero attached hydrogens (tertiary/aromatic N) is 2. The van der Waals surface area contributed by atoms with Crippen LogP contribution in [0.3, 0.4) is 0 Å². The second-order valence-electron chi connectivity index (χ2n) is 5.01. The first-order chi connectivity index (χ1) is 11.6. The summed E-state index contributed by atoms with van der Waals surface area (Å²) in [6.45, 7) is 0.249. The van der Waals surface area contributed by atoms with Gasteiger partial charge < -0.3 is 0 Å². The molecule has 3 rings (SSSR count). The normalized spacial score (nSPS) is 11.1. The Morgan fingerprint density at radius 1 is 1.17 bits per heavy atom. The van der Waals surface area contributed by atoms with Crippen molar-refractivity contribution in [3.05, 3.63) is 85.7 Å². The van der Waals surface area contributed by atoms with Crippen molar-refractivity contribution in [3.8, 4) is 0 Å². The molecule has 0 unspecified atom stereocenters. The van der Waals surface area contributed by atoms with Gasteiger partial charge in [-0.15, -0.1) is 11.3 Å². The molecule has 1 heterocycles. The topological polar surface area (TPSA) is 15.6 Å². The lowest BCUT2D eigenvalue weighted by Crippen LogP contribution is -2.17. The minimum absolute atomic E-state index is 0.249. The molecule has 0 aliphatic heterocycles. The Hall–Kier alpha value is -1.69. The van der Waals surface area contributed by atoms with E-state index < -0.39 is 0 Å². The van der Waals surface area contributed by atoms with Crippen molar-refractivity contribution >= 4 is 50.8 Å². The molecule has 0 aliphatic carbocycles. The lowest BCUT2D eigenvalue weighted by molar-refractivity contribution is 0.606. The zero-order valence-electron chi connectivity index (χ0n) is 12.5. The molecule has 0 amide bonds. The van der Waals surface area contributed by atoms with E-state index in [1.54, 1.807) is 34.7 Å². The zero-order valence-corrected chi connectivity index (χ0v) is 15.7. The highest BCUT2D eigenvalue weighted by molar-refractivity contribution is 9.10. The quantitative estimate of drug-likeness (QED) is 0.345. The molecule has 6 heteroatoms. The summed E-state index contributed by atoms with van der Waals surface area (Å²) in [5.41, 5.74) is 1.29. The first kappa shape index (κ1) is 17.1. The van der Waals surface area contributed by atoms with Crippen LogP contribution < -0.4 is 5.01 Å². The number of anilines is 1. The summed E-state index contributed by atoms with van der Waals surface area (Å²) in [6, 6.07) is 16.3. The van der Waals surface area contributed by atoms with Crippen molar-refractivity contribution in [2.45, 2.75) is 6.54 Å². The van der Waals surface area contributed by atoms with Crippen molar-refractivity contribution in [3.63, 3.8) is 0 Å². The van der Waals surface area contributed by atoms with Gasteiger partial charge in [0.1, 0.15) is 5.82 Å². The Morgan fingerprint density at radius 2 is 1.96 bits per heavy atom. The third-order valence-corrected chi connectivity index (χ3v) is 5.32. The van der Waals surface area contributed by atoms with Crippen LogP contribution in [0.15, 0.2) is 69.6 Å². The highest BCUT2D eigenvalue weighted by atomic mass is 79.9. The fourth-order valence-corrected chi connectivity index (χ4v) is 3.68. The summed E-state index contributed by atoms with van der Waals surface area (Å²) in [7, 11) is 0. The van der Waals surface area contributed by atoms with E-state index in [2.05, 4.69) is 21.0 Å². The highest BCUT2D eigenvalue weighted by Crippen LogP contribution is 2.25. The van der Waals surface area contributed by atoms with Gasteiger partial charge in [0.15, 0.2) is 0 Å². The molecule has 2 aromatic carbocycles. The molecule has 0 N–H and O–H groups in total. The van der Waals surface area contributed by atoms with Gasteiger partial charge in [0, 0.05) is 25.3 Å². The number of halogens is 3.